The second-order valence-corrected chi connectivity index (χ2v) is 6.47. The fraction of sp³-hybridized carbons (Fsp3) is 0.700. The van der Waals surface area contributed by atoms with Gasteiger partial charge in [-0.2, -0.15) is 0 Å². The molecule has 0 rings (SSSR count). The zero-order chi connectivity index (χ0) is 12.6. The minimum absolute atomic E-state index is 0.361. The van der Waals surface area contributed by atoms with Crippen LogP contribution in [0.3, 0.4) is 0 Å². The van der Waals surface area contributed by atoms with E-state index in [1.807, 2.05) is 0 Å². The van der Waals surface area contributed by atoms with Crippen molar-refractivity contribution in [1.82, 2.24) is 0 Å². The van der Waals surface area contributed by atoms with Gasteiger partial charge in [-0.25, -0.2) is 4.79 Å². The van der Waals surface area contributed by atoms with Crippen molar-refractivity contribution in [1.29, 1.82) is 0 Å². The molecule has 5 nitrogen and oxygen atoms in total. The summed E-state index contributed by atoms with van der Waals surface area (Å²) in [6.07, 6.45) is 3.16. The molecule has 0 aromatic rings. The molecule has 0 atom stereocenters. The smallest absolute Gasteiger partial charge is 0.478 e. The van der Waals surface area contributed by atoms with E-state index in [2.05, 4.69) is 0 Å². The monoisotopic (exact) mass is 248 g/mol. The molecule has 16 heavy (non-hydrogen) atoms. The van der Waals surface area contributed by atoms with Gasteiger partial charge in [-0.05, 0) is 19.8 Å². The molecule has 0 bridgehead atoms. The molecule has 0 amide bonds. The third kappa shape index (κ3) is 4.89. The lowest BCUT2D eigenvalue weighted by molar-refractivity contribution is -0.132. The summed E-state index contributed by atoms with van der Waals surface area (Å²) in [5, 5.41) is 8.65. The highest BCUT2D eigenvalue weighted by Gasteiger charge is 2.36. The normalized spacial score (nSPS) is 12.9. The molecular weight excluding hydrogens is 228 g/mol. The molecule has 0 saturated carbocycles. The largest absolute Gasteiger partial charge is 0.500 e. The van der Waals surface area contributed by atoms with Crippen LogP contribution in [0.15, 0.2) is 11.6 Å². The molecule has 0 aliphatic heterocycles. The lowest BCUT2D eigenvalue weighted by Crippen LogP contribution is -2.42. The van der Waals surface area contributed by atoms with Crippen LogP contribution in [0.1, 0.15) is 19.8 Å². The van der Waals surface area contributed by atoms with Crippen molar-refractivity contribution in [2.45, 2.75) is 25.8 Å². The van der Waals surface area contributed by atoms with E-state index in [0.717, 1.165) is 6.42 Å². The van der Waals surface area contributed by atoms with E-state index in [4.69, 9.17) is 18.4 Å². The molecule has 94 valence electrons. The van der Waals surface area contributed by atoms with Crippen LogP contribution < -0.4 is 0 Å². The summed E-state index contributed by atoms with van der Waals surface area (Å²) in [6.45, 7) is 1.58. The number of carboxylic acids is 1. The fourth-order valence-electron chi connectivity index (χ4n) is 1.28. The molecule has 0 fully saturated rings. The first kappa shape index (κ1) is 15.3. The van der Waals surface area contributed by atoms with Crippen molar-refractivity contribution in [3.8, 4) is 0 Å². The second-order valence-electron chi connectivity index (χ2n) is 3.38. The van der Waals surface area contributed by atoms with Gasteiger partial charge in [-0.15, -0.1) is 0 Å². The van der Waals surface area contributed by atoms with Crippen LogP contribution >= 0.6 is 0 Å². The predicted octanol–water partition coefficient (Wildman–Crippen LogP) is 1.68. The van der Waals surface area contributed by atoms with Crippen LogP contribution in [0.4, 0.5) is 0 Å². The minimum atomic E-state index is -2.49. The molecular formula is C10H20O5Si. The van der Waals surface area contributed by atoms with Crippen molar-refractivity contribution < 1.29 is 23.2 Å². The maximum atomic E-state index is 10.5. The molecule has 0 spiro atoms. The maximum Gasteiger partial charge on any atom is 0.500 e. The molecule has 0 aliphatic rings. The van der Waals surface area contributed by atoms with Crippen LogP contribution in [0, 0.1) is 0 Å². The molecule has 0 heterocycles. The summed E-state index contributed by atoms with van der Waals surface area (Å²) in [4.78, 5) is 10.5. The van der Waals surface area contributed by atoms with E-state index in [0.29, 0.717) is 18.0 Å². The number of carbonyl (C=O) groups is 1. The molecule has 0 radical (unpaired) electrons. The predicted molar refractivity (Wildman–Crippen MR) is 62.2 cm³/mol. The van der Waals surface area contributed by atoms with E-state index in [9.17, 15) is 4.79 Å². The van der Waals surface area contributed by atoms with Gasteiger partial charge in [0, 0.05) is 32.9 Å². The Morgan fingerprint density at radius 2 is 1.75 bits per heavy atom. The van der Waals surface area contributed by atoms with E-state index in [1.165, 1.54) is 0 Å². The fourth-order valence-corrected chi connectivity index (χ4v) is 3.03. The van der Waals surface area contributed by atoms with Gasteiger partial charge in [0.2, 0.25) is 0 Å². The maximum absolute atomic E-state index is 10.5. The van der Waals surface area contributed by atoms with E-state index in [-0.39, 0.29) is 0 Å². The van der Waals surface area contributed by atoms with Crippen LogP contribution in [0.2, 0.25) is 6.04 Å². The van der Waals surface area contributed by atoms with Crippen LogP contribution in [-0.2, 0) is 18.1 Å². The van der Waals surface area contributed by atoms with Gasteiger partial charge >= 0.3 is 14.8 Å². The van der Waals surface area contributed by atoms with Crippen LogP contribution in [0.5, 0.6) is 0 Å². The van der Waals surface area contributed by atoms with Gasteiger partial charge < -0.3 is 18.4 Å². The van der Waals surface area contributed by atoms with Crippen LogP contribution in [-0.4, -0.2) is 41.2 Å². The number of aliphatic carboxylic acids is 1. The third-order valence-corrected chi connectivity index (χ3v) is 5.24. The van der Waals surface area contributed by atoms with E-state index in [1.54, 1.807) is 34.3 Å². The number of hydrogen-bond acceptors (Lipinski definition) is 4. The number of unbranched alkanes of at least 4 members (excludes halogenated alkanes) is 1. The Kier molecular flexibility index (Phi) is 7.23. The first-order valence-electron chi connectivity index (χ1n) is 5.07. The first-order chi connectivity index (χ1) is 7.51. The summed E-state index contributed by atoms with van der Waals surface area (Å²) in [7, 11) is 2.21. The molecule has 6 heteroatoms. The molecule has 0 unspecified atom stereocenters. The summed E-state index contributed by atoms with van der Waals surface area (Å²) in [5.74, 6) is -0.881. The highest BCUT2D eigenvalue weighted by molar-refractivity contribution is 6.60. The van der Waals surface area contributed by atoms with Gasteiger partial charge in [-0.1, -0.05) is 6.08 Å². The minimum Gasteiger partial charge on any atom is -0.478 e. The Bertz CT molecular complexity index is 239. The van der Waals surface area contributed by atoms with Crippen molar-refractivity contribution in [3.05, 3.63) is 11.6 Å². The Morgan fingerprint density at radius 1 is 1.25 bits per heavy atom. The lowest BCUT2D eigenvalue weighted by atomic mass is 10.2. The highest BCUT2D eigenvalue weighted by atomic mass is 28.4. The average molecular weight is 248 g/mol. The van der Waals surface area contributed by atoms with Gasteiger partial charge in [0.25, 0.3) is 0 Å². The van der Waals surface area contributed by atoms with Gasteiger partial charge in [-0.3, -0.25) is 0 Å². The zero-order valence-corrected chi connectivity index (χ0v) is 11.3. The van der Waals surface area contributed by atoms with Gasteiger partial charge in [0.15, 0.2) is 0 Å². The number of rotatable bonds is 8. The Labute approximate surface area is 97.4 Å². The summed E-state index contributed by atoms with van der Waals surface area (Å²) < 4.78 is 15.7. The quantitative estimate of drug-likeness (QED) is 0.402. The molecule has 0 saturated heterocycles. The zero-order valence-electron chi connectivity index (χ0n) is 10.3. The SMILES string of the molecule is CO[Si](CCC/C=C(\C)C(=O)O)(OC)OC. The Morgan fingerprint density at radius 3 is 2.12 bits per heavy atom. The third-order valence-electron chi connectivity index (χ3n) is 2.41. The average Bonchev–Trinajstić information content (AvgIpc) is 2.30. The van der Waals surface area contributed by atoms with E-state index < -0.39 is 14.8 Å². The highest BCUT2D eigenvalue weighted by Crippen LogP contribution is 2.16. The van der Waals surface area contributed by atoms with Crippen molar-refractivity contribution in [2.75, 3.05) is 21.3 Å². The van der Waals surface area contributed by atoms with Crippen molar-refractivity contribution in [2.24, 2.45) is 0 Å². The van der Waals surface area contributed by atoms with Crippen molar-refractivity contribution in [3.63, 3.8) is 0 Å². The standard InChI is InChI=1S/C10H20O5Si/c1-9(10(11)12)7-5-6-8-16(13-2,14-3)15-4/h7H,5-6,8H2,1-4H3,(H,11,12)/b9-7+. The number of allylic oxidation sites excluding steroid dienone is 1. The molecule has 0 aromatic heterocycles. The molecule has 0 aliphatic carbocycles. The van der Waals surface area contributed by atoms with Gasteiger partial charge in [0.1, 0.15) is 0 Å². The number of hydrogen-bond donors (Lipinski definition) is 1. The van der Waals surface area contributed by atoms with E-state index >= 15 is 0 Å². The first-order valence-corrected chi connectivity index (χ1v) is 7.00. The van der Waals surface area contributed by atoms with Crippen molar-refractivity contribution >= 4 is 14.8 Å². The summed E-state index contributed by atoms with van der Waals surface area (Å²) in [6, 6.07) is 0.680. The Balaban J connectivity index is 4.06. The topological polar surface area (TPSA) is 65.0 Å². The number of carboxylic acid groups (broad SMARTS) is 1. The Hall–Kier alpha value is -0.693. The van der Waals surface area contributed by atoms with Gasteiger partial charge in [0.05, 0.1) is 0 Å². The summed E-state index contributed by atoms with van der Waals surface area (Å²) in [5.41, 5.74) is 0.361. The summed E-state index contributed by atoms with van der Waals surface area (Å²) >= 11 is 0. The molecule has 0 aromatic carbocycles. The van der Waals surface area contributed by atoms with Crippen LogP contribution in [0.25, 0.3) is 0 Å². The second kappa shape index (κ2) is 7.56. The lowest BCUT2D eigenvalue weighted by Gasteiger charge is -2.23. The molecule has 1 N–H and O–H groups in total.